The molecule has 4 aromatic rings. The number of hydrogen-bond donors (Lipinski definition) is 0. The fraction of sp³-hybridized carbons (Fsp3) is 0.192. The molecular weight excluding hydrogens is 466 g/mol. The van der Waals surface area contributed by atoms with Gasteiger partial charge in [0.05, 0.1) is 17.7 Å². The molecule has 1 fully saturated rings. The number of carbonyl (C=O) groups excluding carboxylic acids is 1. The SMILES string of the molecule is COc1cccc2cc(-c3nn(-c4ccccc4)cc3/C=C3\SC(=S)N(CC(C)C)C3=O)oc12. The van der Waals surface area contributed by atoms with Crippen LogP contribution in [0, 0.1) is 5.92 Å². The fourth-order valence-electron chi connectivity index (χ4n) is 3.87. The van der Waals surface area contributed by atoms with Crippen molar-refractivity contribution in [2.75, 3.05) is 13.7 Å². The van der Waals surface area contributed by atoms with Crippen molar-refractivity contribution in [1.82, 2.24) is 14.7 Å². The van der Waals surface area contributed by atoms with Crippen LogP contribution in [0.1, 0.15) is 19.4 Å². The summed E-state index contributed by atoms with van der Waals surface area (Å²) in [4.78, 5) is 15.3. The Morgan fingerprint density at radius 3 is 2.71 bits per heavy atom. The van der Waals surface area contributed by atoms with Crippen molar-refractivity contribution >= 4 is 51.3 Å². The van der Waals surface area contributed by atoms with Gasteiger partial charge in [0.1, 0.15) is 10.0 Å². The Morgan fingerprint density at radius 1 is 1.18 bits per heavy atom. The minimum Gasteiger partial charge on any atom is -0.493 e. The van der Waals surface area contributed by atoms with E-state index >= 15 is 0 Å². The minimum atomic E-state index is -0.0756. The quantitative estimate of drug-likeness (QED) is 0.239. The number of fused-ring (bicyclic) bond motifs is 1. The molecule has 2 aromatic heterocycles. The number of rotatable bonds is 6. The van der Waals surface area contributed by atoms with Gasteiger partial charge in [-0.05, 0) is 36.3 Å². The topological polar surface area (TPSA) is 60.5 Å². The molecule has 172 valence electrons. The van der Waals surface area contributed by atoms with E-state index in [2.05, 4.69) is 13.8 Å². The number of carbonyl (C=O) groups is 1. The van der Waals surface area contributed by atoms with Crippen LogP contribution < -0.4 is 4.74 Å². The molecule has 0 spiro atoms. The van der Waals surface area contributed by atoms with Crippen molar-refractivity contribution in [1.29, 1.82) is 0 Å². The Balaban J connectivity index is 1.63. The second-order valence-corrected chi connectivity index (χ2v) is 10.1. The lowest BCUT2D eigenvalue weighted by molar-refractivity contribution is -0.122. The normalized spacial score (nSPS) is 15.3. The molecule has 8 heteroatoms. The van der Waals surface area contributed by atoms with Crippen LogP contribution in [-0.4, -0.2) is 38.6 Å². The minimum absolute atomic E-state index is 0.0756. The predicted octanol–water partition coefficient (Wildman–Crippen LogP) is 6.15. The van der Waals surface area contributed by atoms with Crippen molar-refractivity contribution in [2.45, 2.75) is 13.8 Å². The van der Waals surface area contributed by atoms with E-state index in [9.17, 15) is 4.79 Å². The summed E-state index contributed by atoms with van der Waals surface area (Å²) in [5.41, 5.74) is 2.97. The van der Waals surface area contributed by atoms with E-state index in [-0.39, 0.29) is 5.91 Å². The molecule has 0 aliphatic carbocycles. The number of thiocarbonyl (C=S) groups is 1. The number of aromatic nitrogens is 2. The fourth-order valence-corrected chi connectivity index (χ4v) is 5.14. The van der Waals surface area contributed by atoms with Crippen LogP contribution in [0.5, 0.6) is 5.75 Å². The molecular formula is C26H23N3O3S2. The number of thioether (sulfide) groups is 1. The van der Waals surface area contributed by atoms with Crippen molar-refractivity contribution in [3.05, 3.63) is 71.3 Å². The third-order valence-corrected chi connectivity index (χ3v) is 6.81. The van der Waals surface area contributed by atoms with Gasteiger partial charge in [0, 0.05) is 23.7 Å². The molecule has 0 N–H and O–H groups in total. The molecule has 1 aliphatic heterocycles. The van der Waals surface area contributed by atoms with Crippen molar-refractivity contribution < 1.29 is 13.9 Å². The summed E-state index contributed by atoms with van der Waals surface area (Å²) >= 11 is 6.80. The molecule has 34 heavy (non-hydrogen) atoms. The molecule has 1 amide bonds. The smallest absolute Gasteiger partial charge is 0.266 e. The molecule has 0 bridgehead atoms. The van der Waals surface area contributed by atoms with Crippen LogP contribution in [0.2, 0.25) is 0 Å². The first kappa shape index (κ1) is 22.4. The van der Waals surface area contributed by atoms with E-state index in [0.29, 0.717) is 44.5 Å². The number of para-hydroxylation sites is 2. The Kier molecular flexibility index (Phi) is 6.02. The van der Waals surface area contributed by atoms with E-state index < -0.39 is 0 Å². The van der Waals surface area contributed by atoms with Crippen LogP contribution in [0.15, 0.2) is 70.1 Å². The largest absolute Gasteiger partial charge is 0.493 e. The number of nitrogens with zero attached hydrogens (tertiary/aromatic N) is 3. The van der Waals surface area contributed by atoms with Gasteiger partial charge in [0.15, 0.2) is 17.1 Å². The average Bonchev–Trinajstić information content (AvgIpc) is 3.52. The second kappa shape index (κ2) is 9.12. The van der Waals surface area contributed by atoms with Gasteiger partial charge in [0.2, 0.25) is 0 Å². The molecule has 0 radical (unpaired) electrons. The molecule has 1 aliphatic rings. The van der Waals surface area contributed by atoms with E-state index in [4.69, 9.17) is 26.5 Å². The maximum atomic E-state index is 13.1. The Labute approximate surface area is 207 Å². The highest BCUT2D eigenvalue weighted by Crippen LogP contribution is 2.38. The van der Waals surface area contributed by atoms with Crippen molar-refractivity contribution in [2.24, 2.45) is 5.92 Å². The summed E-state index contributed by atoms with van der Waals surface area (Å²) in [6.45, 7) is 4.74. The molecule has 5 rings (SSSR count). The average molecular weight is 490 g/mol. The van der Waals surface area contributed by atoms with E-state index in [0.717, 1.165) is 16.6 Å². The van der Waals surface area contributed by atoms with E-state index in [1.165, 1.54) is 11.8 Å². The van der Waals surface area contributed by atoms with Gasteiger partial charge in [0.25, 0.3) is 5.91 Å². The molecule has 2 aromatic carbocycles. The number of benzene rings is 2. The molecule has 3 heterocycles. The first-order valence-electron chi connectivity index (χ1n) is 10.9. The number of amides is 1. The number of ether oxygens (including phenoxy) is 1. The van der Waals surface area contributed by atoms with Gasteiger partial charge in [-0.3, -0.25) is 9.69 Å². The maximum absolute atomic E-state index is 13.1. The predicted molar refractivity (Wildman–Crippen MR) is 140 cm³/mol. The lowest BCUT2D eigenvalue weighted by Crippen LogP contribution is -2.31. The lowest BCUT2D eigenvalue weighted by Gasteiger charge is -2.16. The van der Waals surface area contributed by atoms with Crippen molar-refractivity contribution in [3.63, 3.8) is 0 Å². The van der Waals surface area contributed by atoms with Crippen LogP contribution in [0.3, 0.4) is 0 Å². The highest BCUT2D eigenvalue weighted by atomic mass is 32.2. The van der Waals surface area contributed by atoms with Crippen molar-refractivity contribution in [3.8, 4) is 22.9 Å². The van der Waals surface area contributed by atoms with Gasteiger partial charge in [-0.2, -0.15) is 5.10 Å². The molecule has 0 unspecified atom stereocenters. The summed E-state index contributed by atoms with van der Waals surface area (Å²) in [6, 6.07) is 17.5. The number of furan rings is 1. The number of hydrogen-bond acceptors (Lipinski definition) is 6. The van der Waals surface area contributed by atoms with E-state index in [1.54, 1.807) is 16.7 Å². The maximum Gasteiger partial charge on any atom is 0.266 e. The Hall–Kier alpha value is -3.36. The van der Waals surface area contributed by atoms with Gasteiger partial charge < -0.3 is 9.15 Å². The first-order chi connectivity index (χ1) is 16.4. The molecule has 0 saturated carbocycles. The Bertz CT molecular complexity index is 1420. The summed E-state index contributed by atoms with van der Waals surface area (Å²) in [5, 5.41) is 5.74. The second-order valence-electron chi connectivity index (χ2n) is 8.39. The summed E-state index contributed by atoms with van der Waals surface area (Å²) in [6.07, 6.45) is 3.76. The summed E-state index contributed by atoms with van der Waals surface area (Å²) in [7, 11) is 1.62. The standard InChI is InChI=1S/C26H23N3O3S2/c1-16(2)14-28-25(30)22(34-26(28)33)13-18-15-29(19-9-5-4-6-10-19)27-23(18)21-12-17-8-7-11-20(31-3)24(17)32-21/h4-13,15-16H,14H2,1-3H3/b22-13-. The van der Waals surface area contributed by atoms with Gasteiger partial charge >= 0.3 is 0 Å². The third kappa shape index (κ3) is 4.15. The first-order valence-corrected chi connectivity index (χ1v) is 12.1. The Morgan fingerprint density at radius 2 is 1.97 bits per heavy atom. The zero-order valence-corrected chi connectivity index (χ0v) is 20.7. The molecule has 1 saturated heterocycles. The van der Waals surface area contributed by atoms with Crippen LogP contribution in [-0.2, 0) is 4.79 Å². The van der Waals surface area contributed by atoms with Gasteiger partial charge in [-0.15, -0.1) is 0 Å². The molecule has 6 nitrogen and oxygen atoms in total. The lowest BCUT2D eigenvalue weighted by atomic mass is 10.1. The zero-order chi connectivity index (χ0) is 23.8. The molecule has 0 atom stereocenters. The zero-order valence-electron chi connectivity index (χ0n) is 19.0. The van der Waals surface area contributed by atoms with Crippen LogP contribution >= 0.6 is 24.0 Å². The highest BCUT2D eigenvalue weighted by Gasteiger charge is 2.33. The van der Waals surface area contributed by atoms with E-state index in [1.807, 2.05) is 66.9 Å². The van der Waals surface area contributed by atoms with Gasteiger partial charge in [-0.25, -0.2) is 4.68 Å². The monoisotopic (exact) mass is 489 g/mol. The van der Waals surface area contributed by atoms with Gasteiger partial charge in [-0.1, -0.05) is 68.2 Å². The highest BCUT2D eigenvalue weighted by molar-refractivity contribution is 8.26. The van der Waals surface area contributed by atoms with Crippen LogP contribution in [0.4, 0.5) is 0 Å². The summed E-state index contributed by atoms with van der Waals surface area (Å²) < 4.78 is 14.0. The van der Waals surface area contributed by atoms with Crippen LogP contribution in [0.25, 0.3) is 34.2 Å². The third-order valence-electron chi connectivity index (χ3n) is 5.43. The number of methoxy groups -OCH3 is 1. The summed E-state index contributed by atoms with van der Waals surface area (Å²) in [5.74, 6) is 1.50.